The average Bonchev–Trinajstić information content (AvgIpc) is 2.43. The highest BCUT2D eigenvalue weighted by molar-refractivity contribution is 5.02. The Morgan fingerprint density at radius 2 is 2.17 bits per heavy atom. The van der Waals surface area contributed by atoms with Crippen LogP contribution in [0.15, 0.2) is 0 Å². The summed E-state index contributed by atoms with van der Waals surface area (Å²) in [6.45, 7) is 2.48. The number of nitrogens with zero attached hydrogens (tertiary/aromatic N) is 1. The lowest BCUT2D eigenvalue weighted by Gasteiger charge is -2.39. The van der Waals surface area contributed by atoms with Crippen LogP contribution in [0.5, 0.6) is 0 Å². The van der Waals surface area contributed by atoms with E-state index in [1.54, 1.807) is 0 Å². The van der Waals surface area contributed by atoms with Crippen LogP contribution in [0.25, 0.3) is 0 Å². The van der Waals surface area contributed by atoms with Crippen LogP contribution in [0.1, 0.15) is 12.8 Å². The van der Waals surface area contributed by atoms with Crippen molar-refractivity contribution in [1.82, 2.24) is 4.90 Å². The molecule has 2 saturated heterocycles. The van der Waals surface area contributed by atoms with E-state index in [1.807, 2.05) is 0 Å². The fourth-order valence-electron chi connectivity index (χ4n) is 2.32. The number of piperidine rings is 1. The second kappa shape index (κ2) is 2.64. The van der Waals surface area contributed by atoms with Gasteiger partial charge in [-0.15, -0.1) is 0 Å². The number of halogens is 2. The Morgan fingerprint density at radius 3 is 2.83 bits per heavy atom. The highest BCUT2D eigenvalue weighted by Crippen LogP contribution is 2.37. The fourth-order valence-corrected chi connectivity index (χ4v) is 2.32. The Hall–Kier alpha value is -0.220. The van der Waals surface area contributed by atoms with Crippen LogP contribution in [-0.4, -0.2) is 36.5 Å². The van der Waals surface area contributed by atoms with Gasteiger partial charge in [0.15, 0.2) is 0 Å². The predicted octanol–water partition coefficient (Wildman–Crippen LogP) is 0.675. The summed E-state index contributed by atoms with van der Waals surface area (Å²) >= 11 is 0. The largest absolute Gasteiger partial charge is 0.320 e. The van der Waals surface area contributed by atoms with Crippen LogP contribution < -0.4 is 5.73 Å². The van der Waals surface area contributed by atoms with Gasteiger partial charge < -0.3 is 10.6 Å². The Balaban J connectivity index is 2.15. The van der Waals surface area contributed by atoms with Crippen LogP contribution >= 0.6 is 0 Å². The Bertz CT molecular complexity index is 186. The van der Waals surface area contributed by atoms with Crippen LogP contribution in [0.2, 0.25) is 0 Å². The van der Waals surface area contributed by atoms with Crippen molar-refractivity contribution < 1.29 is 8.78 Å². The zero-order chi connectivity index (χ0) is 8.77. The first-order valence-corrected chi connectivity index (χ1v) is 4.42. The lowest BCUT2D eigenvalue weighted by molar-refractivity contribution is -0.00280. The number of fused-ring (bicyclic) bond motifs is 2. The van der Waals surface area contributed by atoms with Gasteiger partial charge in [-0.2, -0.15) is 0 Å². The quantitative estimate of drug-likeness (QED) is 0.636. The van der Waals surface area contributed by atoms with Gasteiger partial charge >= 0.3 is 0 Å². The molecule has 0 aromatic heterocycles. The summed E-state index contributed by atoms with van der Waals surface area (Å²) in [6, 6.07) is 0. The number of hydrogen-bond acceptors (Lipinski definition) is 2. The smallest absolute Gasteiger partial charge is 0.256 e. The van der Waals surface area contributed by atoms with E-state index in [9.17, 15) is 8.78 Å². The minimum absolute atomic E-state index is 0.0197. The average molecular weight is 176 g/mol. The summed E-state index contributed by atoms with van der Waals surface area (Å²) in [4.78, 5) is 2.22. The van der Waals surface area contributed by atoms with Gasteiger partial charge in [-0.25, -0.2) is 8.78 Å². The fraction of sp³-hybridized carbons (Fsp3) is 1.00. The molecule has 0 amide bonds. The van der Waals surface area contributed by atoms with Crippen molar-refractivity contribution in [2.24, 2.45) is 11.7 Å². The summed E-state index contributed by atoms with van der Waals surface area (Å²) < 4.78 is 25.2. The molecule has 3 atom stereocenters. The van der Waals surface area contributed by atoms with Crippen LogP contribution in [0.4, 0.5) is 8.78 Å². The van der Waals surface area contributed by atoms with Crippen LogP contribution in [0, 0.1) is 5.92 Å². The molecule has 2 heterocycles. The molecule has 0 aromatic rings. The molecule has 2 aliphatic rings. The van der Waals surface area contributed by atoms with Crippen LogP contribution in [0.3, 0.4) is 0 Å². The van der Waals surface area contributed by atoms with E-state index in [1.165, 1.54) is 0 Å². The molecule has 0 saturated carbocycles. The lowest BCUT2D eigenvalue weighted by atomic mass is 9.80. The van der Waals surface area contributed by atoms with Gasteiger partial charge in [0.1, 0.15) is 0 Å². The van der Waals surface area contributed by atoms with Gasteiger partial charge in [0.25, 0.3) is 6.43 Å². The first-order valence-electron chi connectivity index (χ1n) is 4.42. The molecule has 0 spiro atoms. The molecule has 12 heavy (non-hydrogen) atoms. The number of rotatable bonds is 1. The van der Waals surface area contributed by atoms with E-state index in [2.05, 4.69) is 4.90 Å². The Kier molecular flexibility index (Phi) is 1.84. The number of alkyl halides is 2. The third-order valence-corrected chi connectivity index (χ3v) is 3.30. The summed E-state index contributed by atoms with van der Waals surface area (Å²) in [6.07, 6.45) is -1.06. The molecule has 2 fully saturated rings. The van der Waals surface area contributed by atoms with Crippen LogP contribution in [-0.2, 0) is 0 Å². The molecule has 0 aliphatic carbocycles. The number of hydrogen-bond donors (Lipinski definition) is 1. The zero-order valence-corrected chi connectivity index (χ0v) is 6.97. The van der Waals surface area contributed by atoms with Gasteiger partial charge in [-0.05, 0) is 25.3 Å². The summed E-state index contributed by atoms with van der Waals surface area (Å²) in [5.41, 5.74) is 4.52. The highest BCUT2D eigenvalue weighted by atomic mass is 19.3. The Labute approximate surface area is 70.7 Å². The maximum atomic E-state index is 12.6. The molecular formula is C8H14F2N2. The molecule has 3 unspecified atom stereocenters. The summed E-state index contributed by atoms with van der Waals surface area (Å²) in [7, 11) is 0. The van der Waals surface area contributed by atoms with Crippen molar-refractivity contribution in [3.05, 3.63) is 0 Å². The molecule has 2 bridgehead atoms. The molecule has 2 nitrogen and oxygen atoms in total. The second-order valence-corrected chi connectivity index (χ2v) is 3.95. The predicted molar refractivity (Wildman–Crippen MR) is 42.1 cm³/mol. The van der Waals surface area contributed by atoms with E-state index in [0.29, 0.717) is 6.42 Å². The first-order chi connectivity index (χ1) is 5.63. The minimum atomic E-state index is -2.36. The standard InChI is InChI=1S/C8H14F2N2/c9-7(10)8(11)2-4-12-3-1-6(8)5-12/h6-7H,1-5,11H2. The second-order valence-electron chi connectivity index (χ2n) is 3.95. The minimum Gasteiger partial charge on any atom is -0.320 e. The van der Waals surface area contributed by atoms with E-state index < -0.39 is 12.0 Å². The van der Waals surface area contributed by atoms with E-state index in [-0.39, 0.29) is 5.92 Å². The van der Waals surface area contributed by atoms with Crippen molar-refractivity contribution >= 4 is 0 Å². The van der Waals surface area contributed by atoms with Crippen molar-refractivity contribution in [2.45, 2.75) is 24.8 Å². The topological polar surface area (TPSA) is 29.3 Å². The van der Waals surface area contributed by atoms with Crippen molar-refractivity contribution in [2.75, 3.05) is 19.6 Å². The van der Waals surface area contributed by atoms with E-state index >= 15 is 0 Å². The molecule has 0 aromatic carbocycles. The summed E-state index contributed by atoms with van der Waals surface area (Å²) in [5, 5.41) is 0. The monoisotopic (exact) mass is 176 g/mol. The van der Waals surface area contributed by atoms with E-state index in [4.69, 9.17) is 5.73 Å². The molecule has 70 valence electrons. The van der Waals surface area contributed by atoms with Gasteiger partial charge in [0.2, 0.25) is 0 Å². The van der Waals surface area contributed by atoms with Crippen molar-refractivity contribution in [1.29, 1.82) is 0 Å². The van der Waals surface area contributed by atoms with E-state index in [0.717, 1.165) is 26.1 Å². The van der Waals surface area contributed by atoms with Gasteiger partial charge in [-0.1, -0.05) is 0 Å². The third kappa shape index (κ3) is 1.05. The number of nitrogens with two attached hydrogens (primary N) is 1. The molecular weight excluding hydrogens is 162 g/mol. The maximum Gasteiger partial charge on any atom is 0.256 e. The third-order valence-electron chi connectivity index (χ3n) is 3.30. The maximum absolute atomic E-state index is 12.6. The molecule has 2 aliphatic heterocycles. The Morgan fingerprint density at radius 1 is 1.42 bits per heavy atom. The molecule has 4 heteroatoms. The van der Waals surface area contributed by atoms with Gasteiger partial charge in [0.05, 0.1) is 5.54 Å². The molecule has 2 N–H and O–H groups in total. The zero-order valence-electron chi connectivity index (χ0n) is 6.97. The SMILES string of the molecule is NC1(C(F)F)CCN2CCC1C2. The van der Waals surface area contributed by atoms with Gasteiger partial charge in [-0.3, -0.25) is 0 Å². The highest BCUT2D eigenvalue weighted by Gasteiger charge is 2.49. The van der Waals surface area contributed by atoms with Crippen molar-refractivity contribution in [3.8, 4) is 0 Å². The lowest BCUT2D eigenvalue weighted by Crippen LogP contribution is -2.58. The molecule has 0 radical (unpaired) electrons. The summed E-state index contributed by atoms with van der Waals surface area (Å²) in [5.74, 6) is 0.0197. The van der Waals surface area contributed by atoms with Crippen molar-refractivity contribution in [3.63, 3.8) is 0 Å². The first kappa shape index (κ1) is 8.38. The molecule has 2 rings (SSSR count). The van der Waals surface area contributed by atoms with Gasteiger partial charge in [0, 0.05) is 13.1 Å². The normalized spacial score (nSPS) is 47.0.